The Morgan fingerprint density at radius 3 is 2.54 bits per heavy atom. The average molecular weight is 479 g/mol. The Morgan fingerprint density at radius 1 is 1.38 bits per heavy atom. The normalized spacial score (nSPS) is 10.4. The third-order valence-electron chi connectivity index (χ3n) is 2.58. The van der Waals surface area contributed by atoms with Crippen LogP contribution in [0.5, 0.6) is 0 Å². The first-order chi connectivity index (χ1) is 11.3. The van der Waals surface area contributed by atoms with Crippen molar-refractivity contribution in [3.63, 3.8) is 0 Å². The first-order valence-corrected chi connectivity index (χ1v) is 8.76. The molecular weight excluding hydrogens is 470 g/mol. The van der Waals surface area contributed by atoms with E-state index in [9.17, 15) is 19.7 Å². The fraction of sp³-hybridized carbons (Fsp3) is 0.0833. The summed E-state index contributed by atoms with van der Waals surface area (Å²) < 4.78 is 0.717. The number of nitrogens with one attached hydrogen (secondary N) is 2. The Labute approximate surface area is 155 Å². The quantitative estimate of drug-likeness (QED) is 0.259. The third kappa shape index (κ3) is 4.79. The maximum absolute atomic E-state index is 12.0. The van der Waals surface area contributed by atoms with E-state index >= 15 is 0 Å². The first-order valence-electron chi connectivity index (χ1n) is 6.19. The van der Waals surface area contributed by atoms with Crippen LogP contribution in [0.1, 0.15) is 0 Å². The van der Waals surface area contributed by atoms with Crippen molar-refractivity contribution in [1.82, 2.24) is 9.97 Å². The van der Waals surface area contributed by atoms with E-state index in [2.05, 4.69) is 47.1 Å². The Bertz CT molecular complexity index is 850. The van der Waals surface area contributed by atoms with Crippen LogP contribution in [0.3, 0.4) is 0 Å². The zero-order valence-electron chi connectivity index (χ0n) is 11.7. The molecule has 0 atom stereocenters. The molecule has 0 aliphatic carbocycles. The lowest BCUT2D eigenvalue weighted by Gasteiger charge is -2.09. The van der Waals surface area contributed by atoms with Crippen LogP contribution in [0.4, 0.5) is 17.2 Å². The van der Waals surface area contributed by atoms with Crippen molar-refractivity contribution >= 4 is 66.7 Å². The maximum Gasteiger partial charge on any atom is 0.271 e. The van der Waals surface area contributed by atoms with Crippen molar-refractivity contribution in [2.24, 2.45) is 0 Å². The van der Waals surface area contributed by atoms with Gasteiger partial charge in [-0.2, -0.15) is 0 Å². The molecule has 0 fully saturated rings. The number of thioether (sulfide) groups is 1. The SMILES string of the molecule is Nc1cc(=O)[nH]c(SCC(=O)Nc2c(Br)cc([N+](=O)[O-])cc2Br)n1. The van der Waals surface area contributed by atoms with Gasteiger partial charge >= 0.3 is 0 Å². The zero-order valence-corrected chi connectivity index (χ0v) is 15.7. The first kappa shape index (κ1) is 18.4. The molecular formula is C12H9Br2N5O4S. The highest BCUT2D eigenvalue weighted by Crippen LogP contribution is 2.35. The molecule has 1 amide bonds. The molecule has 0 aliphatic heterocycles. The fourth-order valence-electron chi connectivity index (χ4n) is 1.62. The molecule has 1 heterocycles. The summed E-state index contributed by atoms with van der Waals surface area (Å²) in [6.07, 6.45) is 0. The Hall–Kier alpha value is -1.92. The van der Waals surface area contributed by atoms with E-state index in [-0.39, 0.29) is 28.3 Å². The molecule has 24 heavy (non-hydrogen) atoms. The van der Waals surface area contributed by atoms with E-state index in [1.807, 2.05) is 0 Å². The molecule has 0 radical (unpaired) electrons. The van der Waals surface area contributed by atoms with Crippen LogP contribution in [0.15, 0.2) is 37.1 Å². The summed E-state index contributed by atoms with van der Waals surface area (Å²) in [6, 6.07) is 3.70. The third-order valence-corrected chi connectivity index (χ3v) is 4.71. The molecule has 4 N–H and O–H groups in total. The lowest BCUT2D eigenvalue weighted by atomic mass is 10.3. The van der Waals surface area contributed by atoms with Crippen LogP contribution >= 0.6 is 43.6 Å². The lowest BCUT2D eigenvalue weighted by Crippen LogP contribution is -2.16. The molecule has 1 aromatic heterocycles. The number of aromatic nitrogens is 2. The van der Waals surface area contributed by atoms with Gasteiger partial charge in [0, 0.05) is 27.1 Å². The highest BCUT2D eigenvalue weighted by Gasteiger charge is 2.16. The topological polar surface area (TPSA) is 144 Å². The molecule has 1 aromatic carbocycles. The molecule has 0 saturated heterocycles. The highest BCUT2D eigenvalue weighted by atomic mass is 79.9. The van der Waals surface area contributed by atoms with Gasteiger partial charge < -0.3 is 16.0 Å². The number of carbonyl (C=O) groups excluding carboxylic acids is 1. The molecule has 0 saturated carbocycles. The van der Waals surface area contributed by atoms with Gasteiger partial charge in [-0.3, -0.25) is 19.7 Å². The van der Waals surface area contributed by atoms with Crippen LogP contribution in [0.25, 0.3) is 0 Å². The van der Waals surface area contributed by atoms with Crippen LogP contribution in [-0.2, 0) is 4.79 Å². The second kappa shape index (κ2) is 7.77. The van der Waals surface area contributed by atoms with Crippen LogP contribution in [0.2, 0.25) is 0 Å². The van der Waals surface area contributed by atoms with E-state index in [0.717, 1.165) is 17.8 Å². The Kier molecular flexibility index (Phi) is 5.96. The number of benzene rings is 1. The molecule has 2 aromatic rings. The van der Waals surface area contributed by atoms with E-state index in [1.54, 1.807) is 0 Å². The van der Waals surface area contributed by atoms with Crippen molar-refractivity contribution < 1.29 is 9.72 Å². The van der Waals surface area contributed by atoms with Gasteiger partial charge in [-0.1, -0.05) is 11.8 Å². The van der Waals surface area contributed by atoms with E-state index in [1.165, 1.54) is 12.1 Å². The average Bonchev–Trinajstić information content (AvgIpc) is 2.47. The van der Waals surface area contributed by atoms with Crippen LogP contribution < -0.4 is 16.6 Å². The Morgan fingerprint density at radius 2 is 2.00 bits per heavy atom. The summed E-state index contributed by atoms with van der Waals surface area (Å²) in [5, 5.41) is 13.6. The molecule has 0 bridgehead atoms. The molecule has 126 valence electrons. The van der Waals surface area contributed by atoms with Gasteiger partial charge in [0.15, 0.2) is 5.16 Å². The number of carbonyl (C=O) groups is 1. The van der Waals surface area contributed by atoms with Gasteiger partial charge in [-0.25, -0.2) is 4.98 Å². The number of H-pyrrole nitrogens is 1. The van der Waals surface area contributed by atoms with Gasteiger partial charge in [0.1, 0.15) is 5.82 Å². The molecule has 2 rings (SSSR count). The maximum atomic E-state index is 12.0. The second-order valence-electron chi connectivity index (χ2n) is 4.35. The van der Waals surface area contributed by atoms with Crippen molar-refractivity contribution in [2.75, 3.05) is 16.8 Å². The number of nitrogens with zero attached hydrogens (tertiary/aromatic N) is 2. The van der Waals surface area contributed by atoms with Gasteiger partial charge in [-0.05, 0) is 31.9 Å². The lowest BCUT2D eigenvalue weighted by molar-refractivity contribution is -0.385. The number of nitrogen functional groups attached to an aromatic ring is 1. The summed E-state index contributed by atoms with van der Waals surface area (Å²) in [5.41, 5.74) is 5.28. The number of amides is 1. The highest BCUT2D eigenvalue weighted by molar-refractivity contribution is 9.11. The monoisotopic (exact) mass is 477 g/mol. The van der Waals surface area contributed by atoms with Gasteiger partial charge in [0.05, 0.1) is 16.4 Å². The van der Waals surface area contributed by atoms with Gasteiger partial charge in [-0.15, -0.1) is 0 Å². The van der Waals surface area contributed by atoms with Gasteiger partial charge in [0.2, 0.25) is 5.91 Å². The van der Waals surface area contributed by atoms with Crippen LogP contribution in [-0.4, -0.2) is 26.6 Å². The second-order valence-corrected chi connectivity index (χ2v) is 7.03. The summed E-state index contributed by atoms with van der Waals surface area (Å²) in [7, 11) is 0. The van der Waals surface area contributed by atoms with Crippen molar-refractivity contribution in [1.29, 1.82) is 0 Å². The summed E-state index contributed by atoms with van der Waals surface area (Å²) in [6.45, 7) is 0. The standard InChI is InChI=1S/C12H9Br2N5O4S/c13-6-1-5(19(22)23)2-7(14)11(6)17-10(21)4-24-12-16-8(15)3-9(20)18-12/h1-3H,4H2,(H,17,21)(H3,15,16,18,20). The minimum Gasteiger partial charge on any atom is -0.383 e. The molecule has 0 unspecified atom stereocenters. The molecule has 0 spiro atoms. The van der Waals surface area contributed by atoms with Crippen molar-refractivity contribution in [3.05, 3.63) is 47.6 Å². The summed E-state index contributed by atoms with van der Waals surface area (Å²) in [5.74, 6) is -0.370. The van der Waals surface area contributed by atoms with Gasteiger partial charge in [0.25, 0.3) is 11.2 Å². The van der Waals surface area contributed by atoms with Crippen molar-refractivity contribution in [3.8, 4) is 0 Å². The minimum atomic E-state index is -0.543. The number of aromatic amines is 1. The molecule has 9 nitrogen and oxygen atoms in total. The zero-order chi connectivity index (χ0) is 17.9. The minimum absolute atomic E-state index is 0.0394. The number of nitrogens with two attached hydrogens (primary N) is 1. The predicted octanol–water partition coefficient (Wildman–Crippen LogP) is 2.52. The van der Waals surface area contributed by atoms with E-state index in [0.29, 0.717) is 14.6 Å². The summed E-state index contributed by atoms with van der Waals surface area (Å²) >= 11 is 7.35. The molecule has 12 heteroatoms. The predicted molar refractivity (Wildman–Crippen MR) is 97.1 cm³/mol. The van der Waals surface area contributed by atoms with E-state index in [4.69, 9.17) is 5.73 Å². The number of anilines is 2. The number of non-ortho nitro benzene ring substituents is 1. The number of halogens is 2. The summed E-state index contributed by atoms with van der Waals surface area (Å²) in [4.78, 5) is 39.9. The smallest absolute Gasteiger partial charge is 0.271 e. The number of rotatable bonds is 5. The van der Waals surface area contributed by atoms with Crippen molar-refractivity contribution in [2.45, 2.75) is 5.16 Å². The fourth-order valence-corrected chi connectivity index (χ4v) is 3.66. The van der Waals surface area contributed by atoms with E-state index < -0.39 is 10.5 Å². The number of hydrogen-bond donors (Lipinski definition) is 3. The number of nitro benzene ring substituents is 1. The molecule has 0 aliphatic rings. The number of nitro groups is 1. The Balaban J connectivity index is 2.07. The van der Waals surface area contributed by atoms with Crippen LogP contribution in [0, 0.1) is 10.1 Å². The largest absolute Gasteiger partial charge is 0.383 e. The number of hydrogen-bond acceptors (Lipinski definition) is 7.